The van der Waals surface area contributed by atoms with Gasteiger partial charge in [-0.2, -0.15) is 13.2 Å². The van der Waals surface area contributed by atoms with E-state index in [1.165, 1.54) is 11.8 Å². The van der Waals surface area contributed by atoms with Gasteiger partial charge in [-0.1, -0.05) is 49.4 Å². The van der Waals surface area contributed by atoms with Crippen LogP contribution >= 0.6 is 0 Å². The molecule has 0 saturated carbocycles. The number of amides is 2. The van der Waals surface area contributed by atoms with Crippen molar-refractivity contribution in [2.45, 2.75) is 57.6 Å². The van der Waals surface area contributed by atoms with E-state index >= 15 is 0 Å². The van der Waals surface area contributed by atoms with Gasteiger partial charge in [0.05, 0.1) is 18.1 Å². The number of nitrogens with one attached hydrogen (secondary N) is 1. The van der Waals surface area contributed by atoms with E-state index < -0.39 is 59.9 Å². The number of nitrogens with zero attached hydrogens (tertiary/aromatic N) is 1. The van der Waals surface area contributed by atoms with Crippen molar-refractivity contribution in [3.8, 4) is 0 Å². The fourth-order valence-electron chi connectivity index (χ4n) is 4.33. The Labute approximate surface area is 216 Å². The van der Waals surface area contributed by atoms with Crippen LogP contribution in [0, 0.1) is 0 Å². The first kappa shape index (κ1) is 28.6. The Hall–Kier alpha value is -3.93. The van der Waals surface area contributed by atoms with Gasteiger partial charge in [-0.15, -0.1) is 0 Å². The smallest absolute Gasteiger partial charge is 0.471 e. The molecule has 1 aliphatic heterocycles. The van der Waals surface area contributed by atoms with Crippen molar-refractivity contribution in [1.82, 2.24) is 10.2 Å². The number of halogens is 3. The molecule has 0 saturated heterocycles. The van der Waals surface area contributed by atoms with E-state index in [-0.39, 0.29) is 6.54 Å². The van der Waals surface area contributed by atoms with Gasteiger partial charge in [0.2, 0.25) is 11.7 Å². The van der Waals surface area contributed by atoms with E-state index in [1.54, 1.807) is 6.92 Å². The second-order valence-corrected chi connectivity index (χ2v) is 8.82. The molecular formula is C26H28F3N3O6. The number of ether oxygens (including phenoxy) is 2. The van der Waals surface area contributed by atoms with Crippen LogP contribution in [0.1, 0.15) is 38.8 Å². The highest BCUT2D eigenvalue weighted by Gasteiger charge is 2.46. The maximum absolute atomic E-state index is 13.9. The lowest BCUT2D eigenvalue weighted by Gasteiger charge is -2.39. The number of hydrogen-bond donors (Lipinski definition) is 2. The standard InChI is InChI=1S/C26H28F3N3O6/c1-4-12-32(14(2)17-11-7-9-16-8-5-6-10-18(16)17)23(34)22-21(31-15(3)33)19(30)13-20(37-22)24(35)38-25(36)26(27,28)29/h5-11,13-14,19,21-22H,4,12,30H2,1-3H3,(H,31,33)/t14?,19-,21+,22+/m0/s1. The Balaban J connectivity index is 1.97. The van der Waals surface area contributed by atoms with Crippen molar-refractivity contribution in [3.05, 3.63) is 59.9 Å². The monoisotopic (exact) mass is 535 g/mol. The van der Waals surface area contributed by atoms with Crippen molar-refractivity contribution < 1.29 is 41.8 Å². The van der Waals surface area contributed by atoms with Crippen LogP contribution in [-0.4, -0.2) is 59.6 Å². The first-order valence-electron chi connectivity index (χ1n) is 11.9. The van der Waals surface area contributed by atoms with Crippen molar-refractivity contribution in [3.63, 3.8) is 0 Å². The predicted octanol–water partition coefficient (Wildman–Crippen LogP) is 2.89. The summed E-state index contributed by atoms with van der Waals surface area (Å²) in [5, 5.41) is 4.37. The summed E-state index contributed by atoms with van der Waals surface area (Å²) >= 11 is 0. The molecule has 2 amide bonds. The Morgan fingerprint density at radius 2 is 1.79 bits per heavy atom. The summed E-state index contributed by atoms with van der Waals surface area (Å²) in [7, 11) is 0. The Bertz CT molecular complexity index is 1260. The van der Waals surface area contributed by atoms with Gasteiger partial charge in [0.25, 0.3) is 5.91 Å². The van der Waals surface area contributed by atoms with Gasteiger partial charge in [0.15, 0.2) is 6.10 Å². The summed E-state index contributed by atoms with van der Waals surface area (Å²) < 4.78 is 47.1. The Morgan fingerprint density at radius 1 is 1.13 bits per heavy atom. The fourth-order valence-corrected chi connectivity index (χ4v) is 4.33. The highest BCUT2D eigenvalue weighted by atomic mass is 19.4. The van der Waals surface area contributed by atoms with Crippen LogP contribution in [0.4, 0.5) is 13.2 Å². The van der Waals surface area contributed by atoms with E-state index in [2.05, 4.69) is 10.1 Å². The third-order valence-electron chi connectivity index (χ3n) is 6.06. The normalized spacial score (nSPS) is 20.1. The second-order valence-electron chi connectivity index (χ2n) is 8.82. The average molecular weight is 536 g/mol. The highest BCUT2D eigenvalue weighted by Crippen LogP contribution is 2.31. The molecule has 38 heavy (non-hydrogen) atoms. The quantitative estimate of drug-likeness (QED) is 0.412. The topological polar surface area (TPSA) is 128 Å². The number of nitrogens with two attached hydrogens (primary N) is 1. The molecule has 0 spiro atoms. The summed E-state index contributed by atoms with van der Waals surface area (Å²) in [4.78, 5) is 50.7. The van der Waals surface area contributed by atoms with Crippen LogP contribution in [0.5, 0.6) is 0 Å². The molecular weight excluding hydrogens is 507 g/mol. The summed E-state index contributed by atoms with van der Waals surface area (Å²) in [5.41, 5.74) is 6.91. The molecule has 4 atom stereocenters. The summed E-state index contributed by atoms with van der Waals surface area (Å²) in [6, 6.07) is 10.4. The van der Waals surface area contributed by atoms with Gasteiger partial charge in [0, 0.05) is 13.5 Å². The number of rotatable bonds is 7. The van der Waals surface area contributed by atoms with Crippen LogP contribution in [0.3, 0.4) is 0 Å². The van der Waals surface area contributed by atoms with E-state index in [0.29, 0.717) is 6.42 Å². The van der Waals surface area contributed by atoms with Crippen molar-refractivity contribution >= 4 is 34.5 Å². The van der Waals surface area contributed by atoms with Gasteiger partial charge in [-0.25, -0.2) is 9.59 Å². The largest absolute Gasteiger partial charge is 0.491 e. The number of carbonyl (C=O) groups excluding carboxylic acids is 4. The van der Waals surface area contributed by atoms with E-state index in [4.69, 9.17) is 10.5 Å². The number of carbonyl (C=O) groups is 4. The SMILES string of the molecule is CCCN(C(=O)[C@@H]1OC(C(=O)OC(=O)C(F)(F)F)=C[C@H](N)[C@H]1NC(C)=O)C(C)c1cccc2ccccc12. The summed E-state index contributed by atoms with van der Waals surface area (Å²) in [6.45, 7) is 5.09. The molecule has 204 valence electrons. The first-order valence-corrected chi connectivity index (χ1v) is 11.9. The Kier molecular flexibility index (Phi) is 8.77. The zero-order valence-electron chi connectivity index (χ0n) is 21.0. The second kappa shape index (κ2) is 11.6. The molecule has 3 rings (SSSR count). The van der Waals surface area contributed by atoms with Crippen LogP contribution in [0.15, 0.2) is 54.3 Å². The molecule has 2 aromatic rings. The van der Waals surface area contributed by atoms with Crippen molar-refractivity contribution in [2.24, 2.45) is 5.73 Å². The van der Waals surface area contributed by atoms with Gasteiger partial charge in [0.1, 0.15) is 0 Å². The van der Waals surface area contributed by atoms with Gasteiger partial charge in [-0.3, -0.25) is 9.59 Å². The molecule has 0 aliphatic carbocycles. The molecule has 0 radical (unpaired) electrons. The van der Waals surface area contributed by atoms with Crippen molar-refractivity contribution in [1.29, 1.82) is 0 Å². The maximum Gasteiger partial charge on any atom is 0.491 e. The number of fused-ring (bicyclic) bond motifs is 1. The molecule has 12 heteroatoms. The lowest BCUT2D eigenvalue weighted by Crippen LogP contribution is -2.61. The van der Waals surface area contributed by atoms with Crippen LogP contribution < -0.4 is 11.1 Å². The number of benzene rings is 2. The Morgan fingerprint density at radius 3 is 2.42 bits per heavy atom. The number of hydrogen-bond acceptors (Lipinski definition) is 7. The van der Waals surface area contributed by atoms with E-state index in [9.17, 15) is 32.3 Å². The molecule has 2 aromatic carbocycles. The molecule has 3 N–H and O–H groups in total. The van der Waals surface area contributed by atoms with E-state index in [0.717, 1.165) is 22.4 Å². The third kappa shape index (κ3) is 6.31. The number of alkyl halides is 3. The molecule has 0 fully saturated rings. The molecule has 1 unspecified atom stereocenters. The molecule has 1 heterocycles. The fraction of sp³-hybridized carbons (Fsp3) is 0.385. The first-order chi connectivity index (χ1) is 17.8. The maximum atomic E-state index is 13.9. The molecule has 0 aromatic heterocycles. The minimum atomic E-state index is -5.42. The van der Waals surface area contributed by atoms with Crippen molar-refractivity contribution in [2.75, 3.05) is 6.54 Å². The molecule has 9 nitrogen and oxygen atoms in total. The minimum absolute atomic E-state index is 0.251. The zero-order valence-corrected chi connectivity index (χ0v) is 21.0. The van der Waals surface area contributed by atoms with Crippen LogP contribution in [0.25, 0.3) is 10.8 Å². The molecule has 0 bridgehead atoms. The molecule has 1 aliphatic rings. The average Bonchev–Trinajstić information content (AvgIpc) is 2.86. The summed E-state index contributed by atoms with van der Waals surface area (Å²) in [5.74, 6) is -6.57. The lowest BCUT2D eigenvalue weighted by atomic mass is 9.95. The van der Waals surface area contributed by atoms with E-state index in [1.807, 2.05) is 49.4 Å². The van der Waals surface area contributed by atoms with Gasteiger partial charge >= 0.3 is 18.1 Å². The summed E-state index contributed by atoms with van der Waals surface area (Å²) in [6.07, 6.45) is -5.58. The van der Waals surface area contributed by atoms with Gasteiger partial charge < -0.3 is 25.4 Å². The minimum Gasteiger partial charge on any atom is -0.471 e. The predicted molar refractivity (Wildman–Crippen MR) is 130 cm³/mol. The highest BCUT2D eigenvalue weighted by molar-refractivity contribution is 5.97. The van der Waals surface area contributed by atoms with Crippen LogP contribution in [-0.2, 0) is 28.7 Å². The number of esters is 2. The third-order valence-corrected chi connectivity index (χ3v) is 6.06. The van der Waals surface area contributed by atoms with Crippen LogP contribution in [0.2, 0.25) is 0 Å². The zero-order chi connectivity index (χ0) is 28.2. The lowest BCUT2D eigenvalue weighted by molar-refractivity contribution is -0.202. The van der Waals surface area contributed by atoms with Gasteiger partial charge in [-0.05, 0) is 35.8 Å².